The van der Waals surface area contributed by atoms with E-state index < -0.39 is 54.2 Å². The number of pyridine rings is 2. The Labute approximate surface area is 323 Å². The van der Waals surface area contributed by atoms with Crippen LogP contribution in [-0.4, -0.2) is 46.8 Å². The van der Waals surface area contributed by atoms with E-state index in [0.29, 0.717) is 21.7 Å². The zero-order valence-electron chi connectivity index (χ0n) is 27.9. The Morgan fingerprint density at radius 3 is 1.69 bits per heavy atom. The standard InChI is InChI=1S/C17H11ClF3N3O3.C9H7BrClFO.C8H5F2N3O2/c1-8-4-10(12(19)6-11(8)18)13(25)7-24-3-2-9(5-14(24)26)16-22-23-17(27-16)15(20)21;1-5-2-6(9(13)4-10)8(12)3-7(5)11;9-6(10)8-13-12-7(15-8)4-1-2-11-5(14)3-4/h2-6,15H,7H2,1H3;2-3H,4H2,1H3;1-3,6H,(H,11,14). The number of benzene rings is 2. The summed E-state index contributed by atoms with van der Waals surface area (Å²) in [5.41, 5.74) is 0.552. The molecule has 21 heteroatoms. The molecular formula is C34H23BrCl2F6N6O6. The number of aromatic amines is 1. The van der Waals surface area contributed by atoms with Crippen molar-refractivity contribution in [3.05, 3.63) is 137 Å². The molecule has 0 bridgehead atoms. The number of alkyl halides is 5. The molecule has 4 heterocycles. The maximum absolute atomic E-state index is 14.0. The van der Waals surface area contributed by atoms with Gasteiger partial charge in [0.15, 0.2) is 11.6 Å². The third-order valence-corrected chi connectivity index (χ3v) is 8.38. The van der Waals surface area contributed by atoms with E-state index in [9.17, 15) is 45.5 Å². The quantitative estimate of drug-likeness (QED) is 0.0845. The van der Waals surface area contributed by atoms with Gasteiger partial charge in [-0.2, -0.15) is 17.6 Å². The van der Waals surface area contributed by atoms with Crippen molar-refractivity contribution in [3.63, 3.8) is 0 Å². The molecule has 0 aliphatic rings. The third-order valence-electron chi connectivity index (χ3n) is 7.05. The number of aromatic nitrogens is 6. The predicted molar refractivity (Wildman–Crippen MR) is 189 cm³/mol. The molecule has 0 atom stereocenters. The number of Topliss-reactive ketones (excluding diaryl/α,β-unsaturated/α-hetero) is 2. The van der Waals surface area contributed by atoms with Gasteiger partial charge >= 0.3 is 12.9 Å². The lowest BCUT2D eigenvalue weighted by Crippen LogP contribution is -2.23. The molecule has 0 fully saturated rings. The van der Waals surface area contributed by atoms with Gasteiger partial charge in [0.1, 0.15) is 11.6 Å². The number of hydrogen-bond acceptors (Lipinski definition) is 10. The van der Waals surface area contributed by atoms with Gasteiger partial charge in [-0.1, -0.05) is 39.1 Å². The van der Waals surface area contributed by atoms with Crippen LogP contribution in [0.2, 0.25) is 10.0 Å². The van der Waals surface area contributed by atoms with Gasteiger partial charge in [-0.25, -0.2) is 8.78 Å². The van der Waals surface area contributed by atoms with E-state index in [2.05, 4.69) is 45.7 Å². The molecule has 0 aliphatic heterocycles. The summed E-state index contributed by atoms with van der Waals surface area (Å²) >= 11 is 14.4. The van der Waals surface area contributed by atoms with Crippen LogP contribution in [0, 0.1) is 25.5 Å². The van der Waals surface area contributed by atoms with Crippen molar-refractivity contribution in [3.8, 4) is 22.9 Å². The first kappa shape index (κ1) is 42.3. The van der Waals surface area contributed by atoms with Gasteiger partial charge in [0.05, 0.1) is 23.0 Å². The van der Waals surface area contributed by atoms with Crippen LogP contribution >= 0.6 is 39.1 Å². The Morgan fingerprint density at radius 1 is 0.764 bits per heavy atom. The predicted octanol–water partition coefficient (Wildman–Crippen LogP) is 8.55. The van der Waals surface area contributed by atoms with Gasteiger partial charge in [-0.3, -0.25) is 19.2 Å². The molecule has 0 radical (unpaired) electrons. The number of nitrogens with zero attached hydrogens (tertiary/aromatic N) is 5. The van der Waals surface area contributed by atoms with Gasteiger partial charge < -0.3 is 18.4 Å². The largest absolute Gasteiger partial charge is 0.415 e. The Balaban J connectivity index is 0.000000202. The molecule has 55 heavy (non-hydrogen) atoms. The van der Waals surface area contributed by atoms with Crippen molar-refractivity contribution in [1.82, 2.24) is 29.9 Å². The Kier molecular flexibility index (Phi) is 14.4. The second-order valence-electron chi connectivity index (χ2n) is 11.0. The molecule has 288 valence electrons. The normalized spacial score (nSPS) is 10.9. The van der Waals surface area contributed by atoms with Crippen molar-refractivity contribution in [2.45, 2.75) is 33.2 Å². The highest BCUT2D eigenvalue weighted by molar-refractivity contribution is 9.09. The van der Waals surface area contributed by atoms with E-state index in [-0.39, 0.29) is 50.2 Å². The van der Waals surface area contributed by atoms with Crippen LogP contribution in [0.15, 0.2) is 79.3 Å². The molecule has 0 amide bonds. The lowest BCUT2D eigenvalue weighted by atomic mass is 10.1. The number of carbonyl (C=O) groups is 2. The lowest BCUT2D eigenvalue weighted by molar-refractivity contribution is 0.0965. The summed E-state index contributed by atoms with van der Waals surface area (Å²) in [6.07, 6.45) is -3.12. The summed E-state index contributed by atoms with van der Waals surface area (Å²) in [5.74, 6) is -4.23. The number of carbonyl (C=O) groups excluding carboxylic acids is 2. The van der Waals surface area contributed by atoms with Crippen LogP contribution in [-0.2, 0) is 6.54 Å². The number of halogens is 9. The van der Waals surface area contributed by atoms with Crippen molar-refractivity contribution >= 4 is 50.7 Å². The van der Waals surface area contributed by atoms with Crippen molar-refractivity contribution in [2.24, 2.45) is 0 Å². The molecule has 1 N–H and O–H groups in total. The van der Waals surface area contributed by atoms with Gasteiger partial charge in [0.25, 0.3) is 17.3 Å². The fourth-order valence-electron chi connectivity index (χ4n) is 4.28. The summed E-state index contributed by atoms with van der Waals surface area (Å²) in [7, 11) is 0. The van der Waals surface area contributed by atoms with Gasteiger partial charge in [0, 0.05) is 45.7 Å². The average molecular weight is 876 g/mol. The summed E-state index contributed by atoms with van der Waals surface area (Å²) in [6.45, 7) is 2.94. The maximum atomic E-state index is 14.0. The van der Waals surface area contributed by atoms with E-state index in [1.54, 1.807) is 13.8 Å². The fraction of sp³-hybridized carbons (Fsp3) is 0.176. The van der Waals surface area contributed by atoms with E-state index >= 15 is 0 Å². The van der Waals surface area contributed by atoms with Crippen LogP contribution in [0.25, 0.3) is 22.9 Å². The topological polar surface area (TPSA) is 167 Å². The molecular weight excluding hydrogens is 853 g/mol. The van der Waals surface area contributed by atoms with E-state index in [1.807, 2.05) is 0 Å². The summed E-state index contributed by atoms with van der Waals surface area (Å²) in [6, 6.07) is 10.0. The number of aryl methyl sites for hydroxylation is 2. The zero-order chi connectivity index (χ0) is 40.6. The number of ketones is 2. The van der Waals surface area contributed by atoms with Gasteiger partial charge in [0.2, 0.25) is 17.3 Å². The minimum atomic E-state index is -2.93. The van der Waals surface area contributed by atoms with Crippen molar-refractivity contribution in [1.29, 1.82) is 0 Å². The Bertz CT molecular complexity index is 2460. The fourth-order valence-corrected chi connectivity index (χ4v) is 4.88. The average Bonchev–Trinajstić information content (AvgIpc) is 3.84. The first-order valence-corrected chi connectivity index (χ1v) is 17.0. The molecule has 0 unspecified atom stereocenters. The summed E-state index contributed by atoms with van der Waals surface area (Å²) in [5, 5.41) is 13.8. The first-order valence-electron chi connectivity index (χ1n) is 15.2. The second kappa shape index (κ2) is 18.8. The third kappa shape index (κ3) is 11.1. The number of rotatable bonds is 9. The van der Waals surface area contributed by atoms with E-state index in [0.717, 1.165) is 22.8 Å². The van der Waals surface area contributed by atoms with Gasteiger partial charge in [-0.15, -0.1) is 20.4 Å². The maximum Gasteiger partial charge on any atom is 0.314 e. The molecule has 0 spiro atoms. The van der Waals surface area contributed by atoms with Crippen molar-refractivity contribution in [2.75, 3.05) is 5.33 Å². The molecule has 0 saturated heterocycles. The number of nitrogens with one attached hydrogen (secondary N) is 1. The summed E-state index contributed by atoms with van der Waals surface area (Å²) in [4.78, 5) is 49.0. The molecule has 2 aromatic carbocycles. The number of hydrogen-bond donors (Lipinski definition) is 1. The first-order chi connectivity index (χ1) is 26.0. The molecule has 6 aromatic rings. The number of H-pyrrole nitrogens is 1. The Hall–Kier alpha value is -5.40. The van der Waals surface area contributed by atoms with Gasteiger partial charge in [-0.05, 0) is 61.4 Å². The minimum Gasteiger partial charge on any atom is -0.415 e. The zero-order valence-corrected chi connectivity index (χ0v) is 31.0. The molecule has 12 nitrogen and oxygen atoms in total. The van der Waals surface area contributed by atoms with Crippen LogP contribution in [0.4, 0.5) is 26.3 Å². The molecule has 0 saturated carbocycles. The van der Waals surface area contributed by atoms with E-state index in [4.69, 9.17) is 27.6 Å². The highest BCUT2D eigenvalue weighted by atomic mass is 79.9. The Morgan fingerprint density at radius 2 is 1.25 bits per heavy atom. The van der Waals surface area contributed by atoms with E-state index in [1.165, 1.54) is 42.7 Å². The lowest BCUT2D eigenvalue weighted by Gasteiger charge is -2.08. The second-order valence-corrected chi connectivity index (χ2v) is 12.3. The molecule has 4 aromatic heterocycles. The van der Waals surface area contributed by atoms with Crippen LogP contribution in [0.3, 0.4) is 0 Å². The molecule has 0 aliphatic carbocycles. The van der Waals surface area contributed by atoms with Crippen LogP contribution < -0.4 is 11.1 Å². The highest BCUT2D eigenvalue weighted by Gasteiger charge is 2.20. The van der Waals surface area contributed by atoms with Crippen LogP contribution in [0.1, 0.15) is 56.5 Å². The molecule has 6 rings (SSSR count). The monoisotopic (exact) mass is 874 g/mol. The van der Waals surface area contributed by atoms with Crippen molar-refractivity contribution < 1.29 is 44.8 Å². The SMILES string of the molecule is Cc1cc(C(=O)CBr)c(F)cc1Cl.Cc1cc(C(=O)Cn2ccc(-c3nnc(C(F)F)o3)cc2=O)c(F)cc1Cl.O=c1cc(-c2nnc(C(F)F)o2)cc[nH]1. The minimum absolute atomic E-state index is 0.0822. The van der Waals surface area contributed by atoms with Crippen LogP contribution in [0.5, 0.6) is 0 Å². The highest BCUT2D eigenvalue weighted by Crippen LogP contribution is 2.24. The summed E-state index contributed by atoms with van der Waals surface area (Å²) < 4.78 is 86.8. The smallest absolute Gasteiger partial charge is 0.314 e.